The van der Waals surface area contributed by atoms with E-state index in [2.05, 4.69) is 84.3 Å². The van der Waals surface area contributed by atoms with E-state index in [1.54, 1.807) is 48.5 Å². The minimum absolute atomic E-state index is 0.0900. The Morgan fingerprint density at radius 3 is 1.09 bits per heavy atom. The lowest BCUT2D eigenvalue weighted by Crippen LogP contribution is -2.43. The molecule has 0 spiro atoms. The molecule has 0 aromatic heterocycles. The number of phenols is 2. The average Bonchev–Trinajstić information content (AvgIpc) is 3.24. The topological polar surface area (TPSA) is 202 Å². The lowest BCUT2D eigenvalue weighted by molar-refractivity contribution is -0.165. The molecule has 6 atom stereocenters. The van der Waals surface area contributed by atoms with Crippen LogP contribution in [-0.2, 0) is 22.4 Å². The Hall–Kier alpha value is -4.82. The highest BCUT2D eigenvalue weighted by Gasteiger charge is 2.30. The molecule has 12 heteroatoms. The average molecular weight is 801 g/mol. The molecule has 58 heavy (non-hydrogen) atoms. The van der Waals surface area contributed by atoms with Gasteiger partial charge in [0.25, 0.3) is 0 Å². The van der Waals surface area contributed by atoms with Crippen LogP contribution in [0, 0.1) is 11.8 Å². The van der Waals surface area contributed by atoms with Crippen LogP contribution >= 0.6 is 0 Å². The molecule has 0 bridgehead atoms. The molecular formula is C46H60N2O10. The first-order valence-electron chi connectivity index (χ1n) is 20.0. The minimum atomic E-state index is -2.27. The molecule has 0 amide bonds. The van der Waals surface area contributed by atoms with Crippen molar-refractivity contribution in [2.24, 2.45) is 11.8 Å². The number of benzene rings is 4. The highest BCUT2D eigenvalue weighted by atomic mass is 16.4. The number of aliphatic hydroxyl groups is 4. The van der Waals surface area contributed by atoms with E-state index in [1.165, 1.54) is 36.8 Å². The maximum Gasteiger partial charge on any atom is 0.335 e. The third kappa shape index (κ3) is 14.2. The SMILES string of the molecule is C[C@@H]([C@@H](O)c1ccc(O)cc1)N1CCC(Cc2ccccc2)CC1.C[C@@H]([C@@H](O)c1ccc(O)cc1)N1CCC(Cc2ccccc2)CC1.O=C(O)C(O)C(O)C(=O)O. The van der Waals surface area contributed by atoms with Crippen molar-refractivity contribution in [1.82, 2.24) is 9.80 Å². The van der Waals surface area contributed by atoms with E-state index >= 15 is 0 Å². The van der Waals surface area contributed by atoms with E-state index in [9.17, 15) is 30.0 Å². The normalized spacial score (nSPS) is 18.5. The van der Waals surface area contributed by atoms with Crippen LogP contribution in [0.25, 0.3) is 0 Å². The van der Waals surface area contributed by atoms with Gasteiger partial charge in [0, 0.05) is 12.1 Å². The summed E-state index contributed by atoms with van der Waals surface area (Å²) in [5.41, 5.74) is 4.58. The van der Waals surface area contributed by atoms with Crippen LogP contribution in [0.3, 0.4) is 0 Å². The number of piperidine rings is 2. The second-order valence-electron chi connectivity index (χ2n) is 15.5. The molecule has 2 aliphatic heterocycles. The van der Waals surface area contributed by atoms with Crippen molar-refractivity contribution < 1.29 is 50.4 Å². The third-order valence-corrected chi connectivity index (χ3v) is 11.4. The van der Waals surface area contributed by atoms with Crippen molar-refractivity contribution in [3.63, 3.8) is 0 Å². The number of phenolic OH excluding ortho intramolecular Hbond substituents is 2. The first-order valence-corrected chi connectivity index (χ1v) is 20.0. The molecule has 2 unspecified atom stereocenters. The van der Waals surface area contributed by atoms with Gasteiger partial charge in [-0.05, 0) is 137 Å². The summed E-state index contributed by atoms with van der Waals surface area (Å²) in [5.74, 6) is -1.59. The lowest BCUT2D eigenvalue weighted by Gasteiger charge is -2.38. The van der Waals surface area contributed by atoms with Gasteiger partial charge in [-0.15, -0.1) is 0 Å². The smallest absolute Gasteiger partial charge is 0.335 e. The summed E-state index contributed by atoms with van der Waals surface area (Å²) in [6, 6.07) is 35.4. The Morgan fingerprint density at radius 1 is 0.517 bits per heavy atom. The number of aliphatic hydroxyl groups excluding tert-OH is 4. The quantitative estimate of drug-likeness (QED) is 0.0856. The van der Waals surface area contributed by atoms with Gasteiger partial charge in [0.2, 0.25) is 0 Å². The van der Waals surface area contributed by atoms with E-state index in [0.717, 1.165) is 62.0 Å². The first kappa shape index (κ1) is 45.9. The summed E-state index contributed by atoms with van der Waals surface area (Å²) in [5, 5.41) is 72.5. The number of likely N-dealkylation sites (tertiary alicyclic amines) is 2. The standard InChI is InChI=1S/2C21H27NO2.C4H6O6/c2*1-16(21(24)19-7-9-20(23)10-8-19)22-13-11-18(12-14-22)15-17-5-3-2-4-6-17;5-1(3(7)8)2(6)4(9)10/h2*2-10,16,18,21,23-24H,11-15H2,1H3;1-2,5-6H,(H,7,8)(H,9,10)/t2*16-,21+;/m00./s1. The molecule has 4 aromatic rings. The number of hydrogen-bond donors (Lipinski definition) is 8. The van der Waals surface area contributed by atoms with Crippen molar-refractivity contribution >= 4 is 11.9 Å². The second-order valence-corrected chi connectivity index (χ2v) is 15.5. The van der Waals surface area contributed by atoms with Crippen LogP contribution in [-0.4, -0.2) is 113 Å². The van der Waals surface area contributed by atoms with Crippen molar-refractivity contribution in [1.29, 1.82) is 0 Å². The van der Waals surface area contributed by atoms with Crippen molar-refractivity contribution in [2.45, 2.75) is 88.9 Å². The molecule has 12 nitrogen and oxygen atoms in total. The molecule has 2 aliphatic rings. The molecule has 4 aromatic carbocycles. The van der Waals surface area contributed by atoms with Gasteiger partial charge in [-0.1, -0.05) is 84.9 Å². The Balaban J connectivity index is 0.000000209. The molecule has 0 saturated carbocycles. The predicted molar refractivity (Wildman–Crippen MR) is 221 cm³/mol. The van der Waals surface area contributed by atoms with E-state index in [4.69, 9.17) is 20.4 Å². The van der Waals surface area contributed by atoms with Crippen molar-refractivity contribution in [3.8, 4) is 11.5 Å². The molecule has 2 fully saturated rings. The molecule has 0 radical (unpaired) electrons. The van der Waals surface area contributed by atoms with Crippen LogP contribution in [0.1, 0.15) is 74.0 Å². The van der Waals surface area contributed by atoms with E-state index in [1.807, 2.05) is 0 Å². The van der Waals surface area contributed by atoms with Crippen LogP contribution in [0.15, 0.2) is 109 Å². The van der Waals surface area contributed by atoms with Crippen LogP contribution < -0.4 is 0 Å². The van der Waals surface area contributed by atoms with Gasteiger partial charge in [-0.2, -0.15) is 0 Å². The number of hydrogen-bond acceptors (Lipinski definition) is 10. The summed E-state index contributed by atoms with van der Waals surface area (Å²) in [4.78, 5) is 24.3. The van der Waals surface area contributed by atoms with E-state index in [-0.39, 0.29) is 23.6 Å². The van der Waals surface area contributed by atoms with Crippen LogP contribution in [0.5, 0.6) is 11.5 Å². The fourth-order valence-corrected chi connectivity index (χ4v) is 7.59. The minimum Gasteiger partial charge on any atom is -0.508 e. The highest BCUT2D eigenvalue weighted by molar-refractivity contribution is 5.83. The van der Waals surface area contributed by atoms with Crippen LogP contribution in [0.2, 0.25) is 0 Å². The molecule has 2 heterocycles. The summed E-state index contributed by atoms with van der Waals surface area (Å²) < 4.78 is 0. The number of nitrogens with zero attached hydrogens (tertiary/aromatic N) is 2. The Morgan fingerprint density at radius 2 is 0.810 bits per heavy atom. The molecule has 0 aliphatic carbocycles. The summed E-state index contributed by atoms with van der Waals surface area (Å²) in [6.45, 7) is 8.33. The van der Waals surface area contributed by atoms with E-state index < -0.39 is 36.4 Å². The van der Waals surface area contributed by atoms with Crippen molar-refractivity contribution in [3.05, 3.63) is 131 Å². The summed E-state index contributed by atoms with van der Waals surface area (Å²) >= 11 is 0. The molecule has 8 N–H and O–H groups in total. The second kappa shape index (κ2) is 22.9. The molecule has 314 valence electrons. The van der Waals surface area contributed by atoms with Gasteiger partial charge >= 0.3 is 11.9 Å². The fraction of sp³-hybridized carbons (Fsp3) is 0.435. The summed E-state index contributed by atoms with van der Waals surface area (Å²) in [7, 11) is 0. The monoisotopic (exact) mass is 800 g/mol. The highest BCUT2D eigenvalue weighted by Crippen LogP contribution is 2.30. The fourth-order valence-electron chi connectivity index (χ4n) is 7.59. The van der Waals surface area contributed by atoms with Gasteiger partial charge < -0.3 is 40.9 Å². The molecule has 2 saturated heterocycles. The predicted octanol–water partition coefficient (Wildman–Crippen LogP) is 5.42. The maximum atomic E-state index is 10.6. The van der Waals surface area contributed by atoms with Gasteiger partial charge in [0.05, 0.1) is 12.2 Å². The van der Waals surface area contributed by atoms with Crippen molar-refractivity contribution in [2.75, 3.05) is 26.2 Å². The molecular weight excluding hydrogens is 741 g/mol. The summed E-state index contributed by atoms with van der Waals surface area (Å²) in [6.07, 6.45) is 1.47. The first-order chi connectivity index (χ1) is 27.7. The third-order valence-electron chi connectivity index (χ3n) is 11.4. The number of aromatic hydroxyl groups is 2. The number of carboxylic acids is 2. The maximum absolute atomic E-state index is 10.6. The number of carbonyl (C=O) groups is 2. The van der Waals surface area contributed by atoms with Gasteiger partial charge in [0.1, 0.15) is 11.5 Å². The largest absolute Gasteiger partial charge is 0.508 e. The number of carboxylic acid groups (broad SMARTS) is 2. The van der Waals surface area contributed by atoms with Gasteiger partial charge in [-0.3, -0.25) is 9.80 Å². The number of rotatable bonds is 13. The Kier molecular flexibility index (Phi) is 18.1. The van der Waals surface area contributed by atoms with Gasteiger partial charge in [-0.25, -0.2) is 9.59 Å². The zero-order valence-corrected chi connectivity index (χ0v) is 33.4. The number of aliphatic carboxylic acids is 2. The zero-order chi connectivity index (χ0) is 42.2. The van der Waals surface area contributed by atoms with Crippen LogP contribution in [0.4, 0.5) is 0 Å². The Bertz CT molecular complexity index is 1650. The van der Waals surface area contributed by atoms with Gasteiger partial charge in [0.15, 0.2) is 12.2 Å². The Labute approximate surface area is 341 Å². The molecule has 6 rings (SSSR count). The zero-order valence-electron chi connectivity index (χ0n) is 33.4. The lowest BCUT2D eigenvalue weighted by atomic mass is 9.89. The van der Waals surface area contributed by atoms with E-state index in [0.29, 0.717) is 0 Å².